The van der Waals surface area contributed by atoms with Gasteiger partial charge in [0.05, 0.1) is 11.3 Å². The Kier molecular flexibility index (Phi) is 11.3. The van der Waals surface area contributed by atoms with Gasteiger partial charge in [0.25, 0.3) is 0 Å². The van der Waals surface area contributed by atoms with Gasteiger partial charge in [0.15, 0.2) is 8.29 Å². The number of amides is 2. The number of hydrogen-bond donors (Lipinski definition) is 1. The second-order valence-electron chi connectivity index (χ2n) is 10.7. The van der Waals surface area contributed by atoms with Crippen molar-refractivity contribution in [2.45, 2.75) is 30.0 Å². The monoisotopic (exact) mass is 718 g/mol. The first kappa shape index (κ1) is 33.2. The standard InChI is InChI=1S/C17H15N3OS2.C11H12ClNO.C6H4N2S2/c21-15(20-10-4-6-12-5-1-2-8-14(12)20)11-22-17-19-13-7-3-9-18-16(13)23-17;12-8-11(14)13-7-3-5-9-4-1-2-6-10(9)13;9-6-8-4-2-1-3-7-5(4)10-6/h1-3,5,7-9H,4,6,10-11H2;1-2,4,6H,3,5,7-8H2;1-3H,(H,8,9). The fraction of sp³-hybridized carbons (Fsp3) is 0.235. The molecule has 4 aromatic heterocycles. The molecule has 0 spiro atoms. The van der Waals surface area contributed by atoms with E-state index in [9.17, 15) is 9.59 Å². The van der Waals surface area contributed by atoms with Crippen molar-refractivity contribution in [3.63, 3.8) is 0 Å². The summed E-state index contributed by atoms with van der Waals surface area (Å²) in [5, 5.41) is 0. The third-order valence-corrected chi connectivity index (χ3v) is 11.1. The predicted octanol–water partition coefficient (Wildman–Crippen LogP) is 8.32. The van der Waals surface area contributed by atoms with Gasteiger partial charge in [-0.15, -0.1) is 11.6 Å². The summed E-state index contributed by atoms with van der Waals surface area (Å²) in [5.74, 6) is 0.621. The fourth-order valence-corrected chi connectivity index (χ4v) is 8.49. The predicted molar refractivity (Wildman–Crippen MR) is 198 cm³/mol. The van der Waals surface area contributed by atoms with Gasteiger partial charge < -0.3 is 14.8 Å². The van der Waals surface area contributed by atoms with E-state index >= 15 is 0 Å². The summed E-state index contributed by atoms with van der Waals surface area (Å²) in [6, 6.07) is 23.9. The molecule has 0 saturated heterocycles. The first-order valence-electron chi connectivity index (χ1n) is 15.1. The fourth-order valence-electron chi connectivity index (χ4n) is 5.46. The Morgan fingerprint density at radius 1 is 0.809 bits per heavy atom. The number of hydrogen-bond acceptors (Lipinski definition) is 9. The normalized spacial score (nSPS) is 13.6. The van der Waals surface area contributed by atoms with Gasteiger partial charge in [-0.2, -0.15) is 0 Å². The van der Waals surface area contributed by atoms with Crippen LogP contribution in [0.4, 0.5) is 11.4 Å². The van der Waals surface area contributed by atoms with Crippen molar-refractivity contribution in [1.82, 2.24) is 19.9 Å². The van der Waals surface area contributed by atoms with Crippen LogP contribution in [0.5, 0.6) is 0 Å². The van der Waals surface area contributed by atoms with E-state index in [1.807, 2.05) is 65.6 Å². The van der Waals surface area contributed by atoms with E-state index in [-0.39, 0.29) is 17.7 Å². The number of halogens is 1. The maximum absolute atomic E-state index is 12.6. The third-order valence-electron chi connectivity index (χ3n) is 7.60. The SMILES string of the molecule is O=C(CCl)N1CCCc2ccccc21.O=C(CSc1nc2cccnc2s1)N1CCCc2ccccc21.S=c1[nH]c2cccnc2s1. The number of rotatable bonds is 4. The minimum atomic E-state index is -0.00110. The number of para-hydroxylation sites is 2. The smallest absolute Gasteiger partial charge is 0.241 e. The van der Waals surface area contributed by atoms with Crippen LogP contribution in [-0.2, 0) is 22.4 Å². The average molecular weight is 719 g/mol. The first-order valence-corrected chi connectivity index (χ1v) is 18.7. The van der Waals surface area contributed by atoms with Crippen LogP contribution in [-0.4, -0.2) is 56.5 Å². The molecule has 2 aliphatic heterocycles. The lowest BCUT2D eigenvalue weighted by Crippen LogP contribution is -2.36. The van der Waals surface area contributed by atoms with Gasteiger partial charge in [-0.25, -0.2) is 15.0 Å². The van der Waals surface area contributed by atoms with E-state index in [0.29, 0.717) is 5.75 Å². The number of benzene rings is 2. The van der Waals surface area contributed by atoms with Crippen LogP contribution in [0.1, 0.15) is 24.0 Å². The van der Waals surface area contributed by atoms with Crippen LogP contribution in [0.3, 0.4) is 0 Å². The van der Waals surface area contributed by atoms with Crippen molar-refractivity contribution in [3.8, 4) is 0 Å². The molecule has 8 rings (SSSR count). The van der Waals surface area contributed by atoms with Crippen LogP contribution in [0.15, 0.2) is 89.5 Å². The summed E-state index contributed by atoms with van der Waals surface area (Å²) in [5.41, 5.74) is 6.53. The van der Waals surface area contributed by atoms with Gasteiger partial charge >= 0.3 is 0 Å². The molecule has 8 nitrogen and oxygen atoms in total. The van der Waals surface area contributed by atoms with Gasteiger partial charge in [-0.3, -0.25) is 9.59 Å². The summed E-state index contributed by atoms with van der Waals surface area (Å²) in [6.45, 7) is 1.60. The molecule has 240 valence electrons. The highest BCUT2D eigenvalue weighted by atomic mass is 35.5. The number of nitrogens with zero attached hydrogens (tertiary/aromatic N) is 5. The highest BCUT2D eigenvalue weighted by Crippen LogP contribution is 2.31. The number of aromatic nitrogens is 4. The molecule has 2 amide bonds. The number of aryl methyl sites for hydroxylation is 2. The van der Waals surface area contributed by atoms with Gasteiger partial charge in [-0.05, 0) is 85.4 Å². The number of alkyl halides is 1. The number of carbonyl (C=O) groups is 2. The highest BCUT2D eigenvalue weighted by Gasteiger charge is 2.23. The molecule has 13 heteroatoms. The second-order valence-corrected chi connectivity index (χ2v) is 14.8. The van der Waals surface area contributed by atoms with Crippen LogP contribution in [0, 0.1) is 3.95 Å². The van der Waals surface area contributed by atoms with Crippen molar-refractivity contribution in [1.29, 1.82) is 0 Å². The number of aromatic amines is 1. The van der Waals surface area contributed by atoms with E-state index in [4.69, 9.17) is 23.8 Å². The van der Waals surface area contributed by atoms with Gasteiger partial charge in [-0.1, -0.05) is 70.8 Å². The lowest BCUT2D eigenvalue weighted by Gasteiger charge is -2.29. The second kappa shape index (κ2) is 15.9. The molecule has 0 bridgehead atoms. The molecule has 6 aromatic rings. The first-order chi connectivity index (χ1) is 23.0. The molecule has 0 aliphatic carbocycles. The Hall–Kier alpha value is -3.68. The Morgan fingerprint density at radius 3 is 2.06 bits per heavy atom. The van der Waals surface area contributed by atoms with Crippen molar-refractivity contribution in [3.05, 3.63) is 100 Å². The molecule has 0 unspecified atom stereocenters. The van der Waals surface area contributed by atoms with Gasteiger partial charge in [0.2, 0.25) is 11.8 Å². The molecular formula is C34H31ClN6O2S4. The Labute approximate surface area is 294 Å². The zero-order valence-electron chi connectivity index (χ0n) is 25.3. The number of nitrogens with one attached hydrogen (secondary N) is 1. The van der Waals surface area contributed by atoms with Crippen LogP contribution in [0.2, 0.25) is 0 Å². The highest BCUT2D eigenvalue weighted by molar-refractivity contribution is 8.01. The number of pyridine rings is 2. The Bertz CT molecular complexity index is 1990. The largest absolute Gasteiger partial charge is 0.336 e. The molecule has 6 heterocycles. The van der Waals surface area contributed by atoms with Crippen LogP contribution < -0.4 is 9.80 Å². The molecule has 2 aliphatic rings. The van der Waals surface area contributed by atoms with E-state index in [2.05, 4.69) is 32.1 Å². The topological polar surface area (TPSA) is 95.1 Å². The van der Waals surface area contributed by atoms with Crippen molar-refractivity contribution < 1.29 is 9.59 Å². The van der Waals surface area contributed by atoms with Crippen LogP contribution >= 0.6 is 58.3 Å². The number of anilines is 2. The molecule has 2 aromatic carbocycles. The van der Waals surface area contributed by atoms with Gasteiger partial charge in [0, 0.05) is 36.9 Å². The summed E-state index contributed by atoms with van der Waals surface area (Å²) in [6.07, 6.45) is 7.70. The quantitative estimate of drug-likeness (QED) is 0.111. The Morgan fingerprint density at radius 2 is 1.43 bits per heavy atom. The van der Waals surface area contributed by atoms with Gasteiger partial charge in [0.1, 0.15) is 21.1 Å². The molecule has 0 radical (unpaired) electrons. The van der Waals surface area contributed by atoms with E-state index < -0.39 is 0 Å². The van der Waals surface area contributed by atoms with E-state index in [1.54, 1.807) is 28.6 Å². The average Bonchev–Trinajstić information content (AvgIpc) is 3.72. The molecular weight excluding hydrogens is 688 g/mol. The third kappa shape index (κ3) is 8.25. The maximum Gasteiger partial charge on any atom is 0.241 e. The Balaban J connectivity index is 0.000000136. The zero-order chi connectivity index (χ0) is 32.6. The molecule has 0 atom stereocenters. The molecule has 0 saturated carbocycles. The number of fused-ring (bicyclic) bond motifs is 4. The lowest BCUT2D eigenvalue weighted by atomic mass is 10.0. The summed E-state index contributed by atoms with van der Waals surface area (Å²) in [4.78, 5) is 45.7. The zero-order valence-corrected chi connectivity index (χ0v) is 29.3. The maximum atomic E-state index is 12.6. The minimum absolute atomic E-state index is 0.00110. The number of carbonyl (C=O) groups excluding carboxylic acids is 2. The molecule has 47 heavy (non-hydrogen) atoms. The summed E-state index contributed by atoms with van der Waals surface area (Å²) < 4.78 is 1.69. The minimum Gasteiger partial charge on any atom is -0.336 e. The van der Waals surface area contributed by atoms with E-state index in [0.717, 1.165) is 79.1 Å². The lowest BCUT2D eigenvalue weighted by molar-refractivity contribution is -0.117. The summed E-state index contributed by atoms with van der Waals surface area (Å²) >= 11 is 15.0. The van der Waals surface area contributed by atoms with Crippen LogP contribution in [0.25, 0.3) is 20.7 Å². The van der Waals surface area contributed by atoms with E-state index in [1.165, 1.54) is 34.2 Å². The van der Waals surface area contributed by atoms with Crippen molar-refractivity contribution in [2.75, 3.05) is 34.5 Å². The number of thiazole rings is 2. The molecule has 0 fully saturated rings. The molecule has 1 N–H and O–H groups in total. The number of H-pyrrole nitrogens is 1. The number of thioether (sulfide) groups is 1. The summed E-state index contributed by atoms with van der Waals surface area (Å²) in [7, 11) is 0. The van der Waals surface area contributed by atoms with Crippen molar-refractivity contribution >= 4 is 102 Å². The van der Waals surface area contributed by atoms with Crippen molar-refractivity contribution in [2.24, 2.45) is 0 Å².